The Kier molecular flexibility index (Phi) is 15.6. The quantitative estimate of drug-likeness (QED) is 0.481. The van der Waals surface area contributed by atoms with E-state index in [2.05, 4.69) is 15.9 Å². The predicted octanol–water partition coefficient (Wildman–Crippen LogP) is 4.16. The third kappa shape index (κ3) is 11.8. The number of urea groups is 1. The topological polar surface area (TPSA) is 72.2 Å². The monoisotopic (exact) mass is 390 g/mol. The number of amides is 3. The van der Waals surface area contributed by atoms with Gasteiger partial charge >= 0.3 is 6.03 Å². The normalized spacial score (nSPS) is 10.4. The highest BCUT2D eigenvalue weighted by Gasteiger charge is 2.32. The first-order chi connectivity index (χ1) is 9.37. The standard InChI is InChI=1S/C7H13BrN2O2.C6H12Cl2/c1-3-7(8,4-2)5(11)10-6(9)12;7-5-3-1-2-4-6-8/h3-4H2,1-2H3,(H3,9,10,11,12);1-6H2. The molecule has 0 radical (unpaired) electrons. The maximum Gasteiger partial charge on any atom is 0.318 e. The molecule has 0 spiro atoms. The van der Waals surface area contributed by atoms with Crippen LogP contribution >= 0.6 is 39.1 Å². The lowest BCUT2D eigenvalue weighted by Crippen LogP contribution is -2.46. The summed E-state index contributed by atoms with van der Waals surface area (Å²) in [5.41, 5.74) is 4.81. The van der Waals surface area contributed by atoms with Crippen molar-refractivity contribution in [1.82, 2.24) is 5.32 Å². The lowest BCUT2D eigenvalue weighted by atomic mass is 10.0. The van der Waals surface area contributed by atoms with Gasteiger partial charge in [0.2, 0.25) is 5.91 Å². The zero-order valence-corrected chi connectivity index (χ0v) is 15.3. The molecular weight excluding hydrogens is 367 g/mol. The van der Waals surface area contributed by atoms with E-state index in [1.165, 1.54) is 12.8 Å². The van der Waals surface area contributed by atoms with Crippen LogP contribution in [-0.4, -0.2) is 28.0 Å². The number of rotatable bonds is 8. The summed E-state index contributed by atoms with van der Waals surface area (Å²) in [6, 6.07) is -0.814. The van der Waals surface area contributed by atoms with Crippen molar-refractivity contribution in [1.29, 1.82) is 0 Å². The smallest absolute Gasteiger partial charge is 0.318 e. The molecule has 0 aromatic heterocycles. The minimum absolute atomic E-state index is 0.375. The molecule has 0 atom stereocenters. The summed E-state index contributed by atoms with van der Waals surface area (Å²) in [5.74, 6) is 1.21. The molecular formula is C13H25BrCl2N2O2. The van der Waals surface area contributed by atoms with Gasteiger partial charge in [0.15, 0.2) is 0 Å². The Hall–Kier alpha value is -0.000000000000000111. The molecule has 0 heterocycles. The maximum absolute atomic E-state index is 11.3. The van der Waals surface area contributed by atoms with E-state index >= 15 is 0 Å². The first-order valence-corrected chi connectivity index (χ1v) is 8.65. The lowest BCUT2D eigenvalue weighted by Gasteiger charge is -2.21. The average Bonchev–Trinajstić information content (AvgIpc) is 2.42. The van der Waals surface area contributed by atoms with Gasteiger partial charge in [-0.15, -0.1) is 23.2 Å². The Balaban J connectivity index is 0. The lowest BCUT2D eigenvalue weighted by molar-refractivity contribution is -0.122. The molecule has 0 saturated carbocycles. The summed E-state index contributed by atoms with van der Waals surface area (Å²) < 4.78 is -0.665. The molecule has 3 N–H and O–H groups in total. The molecule has 0 bridgehead atoms. The molecule has 0 rings (SSSR count). The summed E-state index contributed by atoms with van der Waals surface area (Å²) in [4.78, 5) is 21.6. The van der Waals surface area contributed by atoms with Crippen LogP contribution in [0.2, 0.25) is 0 Å². The number of primary amides is 1. The van der Waals surface area contributed by atoms with Crippen molar-refractivity contribution >= 4 is 51.1 Å². The Bertz CT molecular complexity index is 269. The van der Waals surface area contributed by atoms with Gasteiger partial charge in [0.05, 0.1) is 0 Å². The Labute approximate surface area is 140 Å². The molecule has 0 fully saturated rings. The minimum Gasteiger partial charge on any atom is -0.351 e. The highest BCUT2D eigenvalue weighted by molar-refractivity contribution is 9.10. The van der Waals surface area contributed by atoms with E-state index in [4.69, 9.17) is 28.9 Å². The van der Waals surface area contributed by atoms with E-state index in [1.807, 2.05) is 19.2 Å². The van der Waals surface area contributed by atoms with Gasteiger partial charge in [-0.3, -0.25) is 10.1 Å². The summed E-state index contributed by atoms with van der Waals surface area (Å²) in [5, 5.41) is 2.04. The molecule has 0 aliphatic heterocycles. The van der Waals surface area contributed by atoms with E-state index in [-0.39, 0.29) is 5.91 Å². The highest BCUT2D eigenvalue weighted by atomic mass is 79.9. The molecule has 0 aromatic rings. The number of alkyl halides is 3. The van der Waals surface area contributed by atoms with Gasteiger partial charge in [-0.2, -0.15) is 0 Å². The van der Waals surface area contributed by atoms with Crippen molar-refractivity contribution in [3.63, 3.8) is 0 Å². The van der Waals surface area contributed by atoms with Crippen LogP contribution in [0.5, 0.6) is 0 Å². The molecule has 0 unspecified atom stereocenters. The van der Waals surface area contributed by atoms with Crippen LogP contribution in [0.4, 0.5) is 4.79 Å². The maximum atomic E-state index is 11.3. The Morgan fingerprint density at radius 3 is 1.70 bits per heavy atom. The number of halogens is 3. The van der Waals surface area contributed by atoms with Crippen LogP contribution in [0, 0.1) is 0 Å². The number of hydrogen-bond acceptors (Lipinski definition) is 2. The molecule has 0 aliphatic carbocycles. The first kappa shape index (κ1) is 22.3. The average molecular weight is 392 g/mol. The van der Waals surface area contributed by atoms with Crippen molar-refractivity contribution in [3.05, 3.63) is 0 Å². The summed E-state index contributed by atoms with van der Waals surface area (Å²) in [7, 11) is 0. The van der Waals surface area contributed by atoms with Gasteiger partial charge in [0.25, 0.3) is 0 Å². The van der Waals surface area contributed by atoms with Gasteiger partial charge in [-0.25, -0.2) is 4.79 Å². The van der Waals surface area contributed by atoms with E-state index < -0.39 is 10.4 Å². The van der Waals surface area contributed by atoms with Gasteiger partial charge in [0.1, 0.15) is 4.32 Å². The van der Waals surface area contributed by atoms with E-state index in [0.717, 1.165) is 24.6 Å². The predicted molar refractivity (Wildman–Crippen MR) is 89.9 cm³/mol. The Morgan fingerprint density at radius 2 is 1.45 bits per heavy atom. The minimum atomic E-state index is -0.814. The van der Waals surface area contributed by atoms with Crippen LogP contribution in [0.3, 0.4) is 0 Å². The fourth-order valence-electron chi connectivity index (χ4n) is 1.34. The van der Waals surface area contributed by atoms with Gasteiger partial charge in [-0.05, 0) is 25.7 Å². The fraction of sp³-hybridized carbons (Fsp3) is 0.846. The molecule has 0 aliphatic rings. The molecule has 0 aromatic carbocycles. The molecule has 7 heteroatoms. The van der Waals surface area contributed by atoms with E-state index in [1.54, 1.807) is 0 Å². The second kappa shape index (κ2) is 14.0. The molecule has 0 saturated heterocycles. The van der Waals surface area contributed by atoms with Crippen LogP contribution < -0.4 is 11.1 Å². The number of imide groups is 1. The van der Waals surface area contributed by atoms with E-state index in [9.17, 15) is 9.59 Å². The SMILES string of the molecule is CCC(Br)(CC)C(=O)NC(N)=O.ClCCCCCCCl. The van der Waals surface area contributed by atoms with Crippen molar-refractivity contribution < 1.29 is 9.59 Å². The van der Waals surface area contributed by atoms with E-state index in [0.29, 0.717) is 12.8 Å². The summed E-state index contributed by atoms with van der Waals surface area (Å²) in [6.07, 6.45) is 5.97. The number of nitrogens with two attached hydrogens (primary N) is 1. The third-order valence-electron chi connectivity index (χ3n) is 2.78. The molecule has 3 amide bonds. The summed E-state index contributed by atoms with van der Waals surface area (Å²) >= 11 is 14.2. The number of hydrogen-bond donors (Lipinski definition) is 2. The van der Waals surface area contributed by atoms with Crippen molar-refractivity contribution in [3.8, 4) is 0 Å². The number of nitrogens with one attached hydrogen (secondary N) is 1. The van der Waals surface area contributed by atoms with Crippen molar-refractivity contribution in [2.75, 3.05) is 11.8 Å². The van der Waals surface area contributed by atoms with Gasteiger partial charge in [0, 0.05) is 11.8 Å². The van der Waals surface area contributed by atoms with Crippen molar-refractivity contribution in [2.45, 2.75) is 56.7 Å². The van der Waals surface area contributed by atoms with Crippen LogP contribution in [0.15, 0.2) is 0 Å². The third-order valence-corrected chi connectivity index (χ3v) is 4.80. The highest BCUT2D eigenvalue weighted by Crippen LogP contribution is 2.26. The number of carbonyl (C=O) groups is 2. The first-order valence-electron chi connectivity index (χ1n) is 6.79. The summed E-state index contributed by atoms with van der Waals surface area (Å²) in [6.45, 7) is 3.72. The van der Waals surface area contributed by atoms with Gasteiger partial charge in [-0.1, -0.05) is 42.6 Å². The van der Waals surface area contributed by atoms with Crippen LogP contribution in [0.1, 0.15) is 52.4 Å². The largest absolute Gasteiger partial charge is 0.351 e. The van der Waals surface area contributed by atoms with Crippen LogP contribution in [0.25, 0.3) is 0 Å². The number of unbranched alkanes of at least 4 members (excludes halogenated alkanes) is 3. The second-order valence-corrected chi connectivity index (χ2v) is 6.56. The number of carbonyl (C=O) groups excluding carboxylic acids is 2. The van der Waals surface area contributed by atoms with Gasteiger partial charge < -0.3 is 5.73 Å². The molecule has 120 valence electrons. The zero-order valence-electron chi connectivity index (χ0n) is 12.2. The fourth-order valence-corrected chi connectivity index (χ4v) is 1.81. The molecule has 4 nitrogen and oxygen atoms in total. The second-order valence-electron chi connectivity index (χ2n) is 4.28. The Morgan fingerprint density at radius 1 is 1.05 bits per heavy atom. The molecule has 20 heavy (non-hydrogen) atoms. The van der Waals surface area contributed by atoms with Crippen molar-refractivity contribution in [2.24, 2.45) is 5.73 Å². The zero-order chi connectivity index (χ0) is 16.0. The van der Waals surface area contributed by atoms with Crippen LogP contribution in [-0.2, 0) is 4.79 Å².